The van der Waals surface area contributed by atoms with E-state index in [4.69, 9.17) is 21.1 Å². The Balaban J connectivity index is 1.74. The molecule has 0 fully saturated rings. The van der Waals surface area contributed by atoms with Gasteiger partial charge in [-0.3, -0.25) is 4.99 Å². The second kappa shape index (κ2) is 8.04. The molecule has 0 N–H and O–H groups in total. The zero-order valence-electron chi connectivity index (χ0n) is 15.3. The second-order valence-electron chi connectivity index (χ2n) is 6.35. The molecule has 0 aliphatic carbocycles. The largest absolute Gasteiger partial charge is 0.454 e. The fraction of sp³-hybridized carbons (Fsp3) is 0.143. The molecule has 3 aromatic rings. The van der Waals surface area contributed by atoms with E-state index >= 15 is 0 Å². The average molecular weight is 412 g/mol. The van der Waals surface area contributed by atoms with Gasteiger partial charge in [-0.2, -0.15) is 5.10 Å². The van der Waals surface area contributed by atoms with Gasteiger partial charge in [-0.1, -0.05) is 35.9 Å². The fourth-order valence-corrected chi connectivity index (χ4v) is 3.62. The Hall–Kier alpha value is -2.83. The molecule has 7 heteroatoms. The van der Waals surface area contributed by atoms with Crippen LogP contribution in [-0.4, -0.2) is 24.2 Å². The minimum absolute atomic E-state index is 0.250. The van der Waals surface area contributed by atoms with Crippen LogP contribution >= 0.6 is 22.9 Å². The number of rotatable bonds is 5. The first-order valence-electron chi connectivity index (χ1n) is 8.65. The van der Waals surface area contributed by atoms with Gasteiger partial charge in [0.25, 0.3) is 0 Å². The topological polar surface area (TPSA) is 48.1 Å². The number of aromatic nitrogens is 1. The highest BCUT2D eigenvalue weighted by atomic mass is 35.5. The second-order valence-corrected chi connectivity index (χ2v) is 7.63. The zero-order chi connectivity index (χ0) is 19.5. The predicted octanol–water partition coefficient (Wildman–Crippen LogP) is 4.96. The van der Waals surface area contributed by atoms with E-state index < -0.39 is 0 Å². The van der Waals surface area contributed by atoms with Crippen molar-refractivity contribution in [2.24, 2.45) is 10.1 Å². The molecule has 2 aromatic carbocycles. The van der Waals surface area contributed by atoms with Crippen molar-refractivity contribution < 1.29 is 9.47 Å². The molecule has 28 heavy (non-hydrogen) atoms. The van der Waals surface area contributed by atoms with Gasteiger partial charge >= 0.3 is 0 Å². The van der Waals surface area contributed by atoms with Gasteiger partial charge in [-0.25, -0.2) is 4.68 Å². The highest BCUT2D eigenvalue weighted by Gasteiger charge is 2.13. The van der Waals surface area contributed by atoms with Crippen molar-refractivity contribution >= 4 is 29.2 Å². The summed E-state index contributed by atoms with van der Waals surface area (Å²) in [5.74, 6) is 1.48. The van der Waals surface area contributed by atoms with Crippen molar-refractivity contribution in [3.05, 3.63) is 75.4 Å². The molecule has 0 unspecified atom stereocenters. The van der Waals surface area contributed by atoms with Gasteiger partial charge in [0, 0.05) is 16.0 Å². The van der Waals surface area contributed by atoms with Crippen LogP contribution in [0.25, 0.3) is 11.3 Å². The molecule has 0 saturated heterocycles. The zero-order valence-corrected chi connectivity index (χ0v) is 16.8. The van der Waals surface area contributed by atoms with Crippen molar-refractivity contribution in [2.75, 3.05) is 13.3 Å². The SMILES string of the molecule is C=C(C)CN=c1scc(-c2ccc(Cl)cc2)n1N=Cc1ccc2c(c1)OCO2. The van der Waals surface area contributed by atoms with Crippen LogP contribution in [0, 0.1) is 0 Å². The third-order valence-electron chi connectivity index (χ3n) is 4.03. The van der Waals surface area contributed by atoms with Crippen LogP contribution in [0.1, 0.15) is 12.5 Å². The number of nitrogens with zero attached hydrogens (tertiary/aromatic N) is 3. The first-order valence-corrected chi connectivity index (χ1v) is 9.91. The molecule has 0 atom stereocenters. The minimum atomic E-state index is 0.250. The standard InChI is InChI=1S/C21H18ClN3O2S/c1-14(2)10-23-21-25(18(12-28-21)16-4-6-17(22)7-5-16)24-11-15-3-8-19-20(9-15)27-13-26-19/h3-9,11-12H,1,10,13H2,2H3. The van der Waals surface area contributed by atoms with E-state index in [9.17, 15) is 0 Å². The van der Waals surface area contributed by atoms with E-state index in [1.54, 1.807) is 6.21 Å². The van der Waals surface area contributed by atoms with E-state index in [0.29, 0.717) is 11.6 Å². The van der Waals surface area contributed by atoms with Crippen LogP contribution in [-0.2, 0) is 0 Å². The van der Waals surface area contributed by atoms with E-state index in [-0.39, 0.29) is 6.79 Å². The number of thiazole rings is 1. The lowest BCUT2D eigenvalue weighted by Crippen LogP contribution is -2.13. The van der Waals surface area contributed by atoms with Gasteiger partial charge < -0.3 is 9.47 Å². The first-order chi connectivity index (χ1) is 13.6. The van der Waals surface area contributed by atoms with Gasteiger partial charge in [0.15, 0.2) is 11.5 Å². The van der Waals surface area contributed by atoms with E-state index in [1.807, 2.05) is 59.4 Å². The molecular weight excluding hydrogens is 394 g/mol. The quantitative estimate of drug-likeness (QED) is 0.440. The molecule has 1 aliphatic rings. The lowest BCUT2D eigenvalue weighted by molar-refractivity contribution is 0.174. The van der Waals surface area contributed by atoms with Crippen molar-refractivity contribution in [3.63, 3.8) is 0 Å². The number of benzene rings is 2. The third-order valence-corrected chi connectivity index (χ3v) is 5.13. The summed E-state index contributed by atoms with van der Waals surface area (Å²) in [4.78, 5) is 5.43. The maximum absolute atomic E-state index is 6.03. The Labute approximate surface area is 171 Å². The highest BCUT2D eigenvalue weighted by Crippen LogP contribution is 2.32. The van der Waals surface area contributed by atoms with Crippen LogP contribution in [0.4, 0.5) is 0 Å². The maximum atomic E-state index is 6.03. The summed E-state index contributed by atoms with van der Waals surface area (Å²) in [7, 11) is 0. The fourth-order valence-electron chi connectivity index (χ4n) is 2.66. The van der Waals surface area contributed by atoms with Gasteiger partial charge in [0.2, 0.25) is 11.6 Å². The van der Waals surface area contributed by atoms with E-state index in [1.165, 1.54) is 11.3 Å². The molecule has 4 rings (SSSR count). The number of ether oxygens (including phenoxy) is 2. The molecule has 1 aliphatic heterocycles. The Morgan fingerprint density at radius 3 is 2.79 bits per heavy atom. The van der Waals surface area contributed by atoms with E-state index in [0.717, 1.165) is 38.7 Å². The summed E-state index contributed by atoms with van der Waals surface area (Å²) in [6.07, 6.45) is 1.79. The molecule has 0 bridgehead atoms. The van der Waals surface area contributed by atoms with Crippen molar-refractivity contribution in [3.8, 4) is 22.8 Å². The Kier molecular flexibility index (Phi) is 5.32. The van der Waals surface area contributed by atoms with Crippen LogP contribution < -0.4 is 14.3 Å². The Morgan fingerprint density at radius 1 is 1.21 bits per heavy atom. The van der Waals surface area contributed by atoms with Gasteiger partial charge in [-0.15, -0.1) is 11.3 Å². The van der Waals surface area contributed by atoms with E-state index in [2.05, 4.69) is 16.7 Å². The summed E-state index contributed by atoms with van der Waals surface area (Å²) >= 11 is 7.57. The van der Waals surface area contributed by atoms with Crippen molar-refractivity contribution in [1.29, 1.82) is 0 Å². The molecule has 5 nitrogen and oxygen atoms in total. The van der Waals surface area contributed by atoms with Crippen LogP contribution in [0.3, 0.4) is 0 Å². The Bertz CT molecular complexity index is 1110. The van der Waals surface area contributed by atoms with Crippen LogP contribution in [0.2, 0.25) is 5.02 Å². The van der Waals surface area contributed by atoms with Gasteiger partial charge in [-0.05, 0) is 42.8 Å². The van der Waals surface area contributed by atoms with Crippen LogP contribution in [0.5, 0.6) is 11.5 Å². The number of fused-ring (bicyclic) bond motifs is 1. The molecule has 142 valence electrons. The van der Waals surface area contributed by atoms with Gasteiger partial charge in [0.1, 0.15) is 0 Å². The molecule has 1 aromatic heterocycles. The lowest BCUT2D eigenvalue weighted by Gasteiger charge is -2.04. The smallest absolute Gasteiger partial charge is 0.231 e. The summed E-state index contributed by atoms with van der Waals surface area (Å²) in [6.45, 7) is 6.69. The highest BCUT2D eigenvalue weighted by molar-refractivity contribution is 7.07. The predicted molar refractivity (Wildman–Crippen MR) is 114 cm³/mol. The molecular formula is C21H18ClN3O2S. The number of halogens is 1. The summed E-state index contributed by atoms with van der Waals surface area (Å²) < 4.78 is 12.6. The van der Waals surface area contributed by atoms with Crippen LogP contribution in [0.15, 0.2) is 70.1 Å². The molecule has 2 heterocycles. The summed E-state index contributed by atoms with van der Waals surface area (Å²) in [5, 5.41) is 7.42. The monoisotopic (exact) mass is 411 g/mol. The first kappa shape index (κ1) is 18.5. The minimum Gasteiger partial charge on any atom is -0.454 e. The summed E-state index contributed by atoms with van der Waals surface area (Å²) in [6, 6.07) is 13.4. The molecule has 0 spiro atoms. The Morgan fingerprint density at radius 2 is 2.00 bits per heavy atom. The summed E-state index contributed by atoms with van der Waals surface area (Å²) in [5.41, 5.74) is 3.86. The molecule has 0 radical (unpaired) electrons. The average Bonchev–Trinajstić information content (AvgIpc) is 3.31. The lowest BCUT2D eigenvalue weighted by atomic mass is 10.2. The maximum Gasteiger partial charge on any atom is 0.231 e. The van der Waals surface area contributed by atoms with Crippen molar-refractivity contribution in [1.82, 2.24) is 4.68 Å². The molecule has 0 amide bonds. The third kappa shape index (κ3) is 4.03. The molecule has 0 saturated carbocycles. The number of hydrogen-bond donors (Lipinski definition) is 0. The normalized spacial score (nSPS) is 13.4. The van der Waals surface area contributed by atoms with Crippen molar-refractivity contribution in [2.45, 2.75) is 6.92 Å². The van der Waals surface area contributed by atoms with Gasteiger partial charge in [0.05, 0.1) is 18.5 Å². The number of hydrogen-bond acceptors (Lipinski definition) is 5.